The molecule has 0 saturated carbocycles. The van der Waals surface area contributed by atoms with Crippen LogP contribution in [0.2, 0.25) is 0 Å². The van der Waals surface area contributed by atoms with E-state index in [9.17, 15) is 9.59 Å². The number of carbonyl (C=O) groups is 2. The Morgan fingerprint density at radius 3 is 2.39 bits per heavy atom. The molecule has 0 saturated heterocycles. The second-order valence-corrected chi connectivity index (χ2v) is 6.96. The van der Waals surface area contributed by atoms with Gasteiger partial charge in [-0.25, -0.2) is 4.98 Å². The van der Waals surface area contributed by atoms with E-state index in [1.165, 1.54) is 6.92 Å². The number of hydrogen-bond donors (Lipinski definition) is 2. The van der Waals surface area contributed by atoms with Gasteiger partial charge in [-0.1, -0.05) is 34.1 Å². The molecule has 0 aliphatic rings. The Hall–Kier alpha value is -3.19. The average molecular weight is 440 g/mol. The Morgan fingerprint density at radius 1 is 1.00 bits per heavy atom. The lowest BCUT2D eigenvalue weighted by Gasteiger charge is -2.08. The van der Waals surface area contributed by atoms with Crippen LogP contribution in [-0.2, 0) is 16.0 Å². The number of benzene rings is 2. The third-order valence-corrected chi connectivity index (χ3v) is 4.17. The lowest BCUT2D eigenvalue weighted by Crippen LogP contribution is -2.14. The van der Waals surface area contributed by atoms with Crippen LogP contribution < -0.4 is 15.4 Å². The number of nitrogens with zero attached hydrogens (tertiary/aromatic N) is 1. The number of hydrogen-bond acceptors (Lipinski definition) is 4. The zero-order valence-corrected chi connectivity index (χ0v) is 16.7. The van der Waals surface area contributed by atoms with Gasteiger partial charge in [0.2, 0.25) is 17.7 Å². The summed E-state index contributed by atoms with van der Waals surface area (Å²) in [6, 6.07) is 18.0. The maximum atomic E-state index is 12.2. The zero-order valence-electron chi connectivity index (χ0n) is 15.1. The molecule has 0 unspecified atom stereocenters. The molecule has 2 N–H and O–H groups in total. The lowest BCUT2D eigenvalue weighted by atomic mass is 10.1. The molecule has 28 heavy (non-hydrogen) atoms. The molecule has 0 atom stereocenters. The first-order chi connectivity index (χ1) is 13.5. The number of amides is 2. The van der Waals surface area contributed by atoms with E-state index in [0.29, 0.717) is 23.0 Å². The number of pyridine rings is 1. The van der Waals surface area contributed by atoms with Gasteiger partial charge in [0.15, 0.2) is 0 Å². The smallest absolute Gasteiger partial charge is 0.228 e. The summed E-state index contributed by atoms with van der Waals surface area (Å²) in [5.41, 5.74) is 2.12. The van der Waals surface area contributed by atoms with Crippen LogP contribution in [-0.4, -0.2) is 16.8 Å². The summed E-state index contributed by atoms with van der Waals surface area (Å²) in [4.78, 5) is 27.5. The van der Waals surface area contributed by atoms with E-state index < -0.39 is 0 Å². The predicted molar refractivity (Wildman–Crippen MR) is 112 cm³/mol. The highest BCUT2D eigenvalue weighted by Gasteiger charge is 2.06. The van der Waals surface area contributed by atoms with Gasteiger partial charge in [0.25, 0.3) is 0 Å². The monoisotopic (exact) mass is 439 g/mol. The minimum Gasteiger partial charge on any atom is -0.439 e. The number of nitrogens with one attached hydrogen (secondary N) is 2. The van der Waals surface area contributed by atoms with Crippen LogP contribution in [0.15, 0.2) is 71.3 Å². The van der Waals surface area contributed by atoms with Gasteiger partial charge in [-0.2, -0.15) is 0 Å². The first-order valence-corrected chi connectivity index (χ1v) is 9.33. The second kappa shape index (κ2) is 9.14. The molecule has 0 aliphatic heterocycles. The largest absolute Gasteiger partial charge is 0.439 e. The van der Waals surface area contributed by atoms with Gasteiger partial charge in [0, 0.05) is 23.2 Å². The van der Waals surface area contributed by atoms with Crippen molar-refractivity contribution < 1.29 is 14.3 Å². The zero-order chi connectivity index (χ0) is 19.9. The number of carbonyl (C=O) groups excluding carboxylic acids is 2. The molecule has 0 fully saturated rings. The third kappa shape index (κ3) is 5.92. The molecule has 6 nitrogen and oxygen atoms in total. The minimum atomic E-state index is -0.158. The second-order valence-electron chi connectivity index (χ2n) is 6.05. The van der Waals surface area contributed by atoms with E-state index in [0.717, 1.165) is 10.0 Å². The van der Waals surface area contributed by atoms with E-state index in [1.54, 1.807) is 42.6 Å². The van der Waals surface area contributed by atoms with Crippen LogP contribution in [0, 0.1) is 0 Å². The van der Waals surface area contributed by atoms with Crippen LogP contribution in [0.25, 0.3) is 0 Å². The van der Waals surface area contributed by atoms with Crippen molar-refractivity contribution in [2.24, 2.45) is 0 Å². The molecule has 0 radical (unpaired) electrons. The molecular formula is C21H18BrN3O3. The Bertz CT molecular complexity index is 973. The van der Waals surface area contributed by atoms with Crippen LogP contribution >= 0.6 is 15.9 Å². The predicted octanol–water partition coefficient (Wildman–Crippen LogP) is 4.78. The van der Waals surface area contributed by atoms with Gasteiger partial charge >= 0.3 is 0 Å². The SMILES string of the molecule is CC(=O)Nc1ccc(CC(=O)Nc2ccc(Oc3cccc(Br)c3)nc2)cc1. The summed E-state index contributed by atoms with van der Waals surface area (Å²) in [6.45, 7) is 1.45. The number of halogens is 1. The molecule has 0 spiro atoms. The molecule has 0 bridgehead atoms. The maximum Gasteiger partial charge on any atom is 0.228 e. The van der Waals surface area contributed by atoms with Crippen LogP contribution in [0.1, 0.15) is 12.5 Å². The highest BCUT2D eigenvalue weighted by atomic mass is 79.9. The summed E-state index contributed by atoms with van der Waals surface area (Å²) < 4.78 is 6.59. The number of rotatable bonds is 6. The number of aromatic nitrogens is 1. The van der Waals surface area contributed by atoms with E-state index in [2.05, 4.69) is 31.5 Å². The van der Waals surface area contributed by atoms with Crippen molar-refractivity contribution in [1.82, 2.24) is 4.98 Å². The fraction of sp³-hybridized carbons (Fsp3) is 0.0952. The summed E-state index contributed by atoms with van der Waals surface area (Å²) in [6.07, 6.45) is 1.77. The van der Waals surface area contributed by atoms with E-state index in [-0.39, 0.29) is 18.2 Å². The van der Waals surface area contributed by atoms with Crippen molar-refractivity contribution in [3.8, 4) is 11.6 Å². The lowest BCUT2D eigenvalue weighted by molar-refractivity contribution is -0.116. The highest BCUT2D eigenvalue weighted by molar-refractivity contribution is 9.10. The van der Waals surface area contributed by atoms with Crippen molar-refractivity contribution in [2.75, 3.05) is 10.6 Å². The van der Waals surface area contributed by atoms with Gasteiger partial charge in [-0.05, 0) is 42.0 Å². The molecule has 3 rings (SSSR count). The summed E-state index contributed by atoms with van der Waals surface area (Å²) >= 11 is 3.39. The molecule has 1 aromatic heterocycles. The molecule has 3 aromatic rings. The van der Waals surface area contributed by atoms with Crippen molar-refractivity contribution in [3.05, 3.63) is 76.9 Å². The summed E-state index contributed by atoms with van der Waals surface area (Å²) in [5.74, 6) is 0.811. The Balaban J connectivity index is 1.54. The van der Waals surface area contributed by atoms with E-state index in [1.807, 2.05) is 24.3 Å². The Labute approximate surface area is 171 Å². The first-order valence-electron chi connectivity index (χ1n) is 8.54. The van der Waals surface area contributed by atoms with Gasteiger partial charge in [-0.15, -0.1) is 0 Å². The van der Waals surface area contributed by atoms with Gasteiger partial charge in [0.1, 0.15) is 5.75 Å². The standard InChI is InChI=1S/C21H18BrN3O3/c1-14(26)24-17-7-5-15(6-8-17)11-20(27)25-18-9-10-21(23-13-18)28-19-4-2-3-16(22)12-19/h2-10,12-13H,11H2,1H3,(H,24,26)(H,25,27). The summed E-state index contributed by atoms with van der Waals surface area (Å²) in [5, 5.41) is 5.49. The first kappa shape index (κ1) is 19.6. The van der Waals surface area contributed by atoms with Crippen LogP contribution in [0.4, 0.5) is 11.4 Å². The van der Waals surface area contributed by atoms with Gasteiger partial charge in [-0.3, -0.25) is 9.59 Å². The van der Waals surface area contributed by atoms with Crippen molar-refractivity contribution in [1.29, 1.82) is 0 Å². The van der Waals surface area contributed by atoms with Gasteiger partial charge in [0.05, 0.1) is 18.3 Å². The van der Waals surface area contributed by atoms with Crippen molar-refractivity contribution in [2.45, 2.75) is 13.3 Å². The van der Waals surface area contributed by atoms with Gasteiger partial charge < -0.3 is 15.4 Å². The molecule has 0 aliphatic carbocycles. The minimum absolute atomic E-state index is 0.134. The Morgan fingerprint density at radius 2 is 1.75 bits per heavy atom. The average Bonchev–Trinajstić information content (AvgIpc) is 2.64. The molecule has 7 heteroatoms. The maximum absolute atomic E-state index is 12.2. The molecule has 2 amide bonds. The molecular weight excluding hydrogens is 422 g/mol. The normalized spacial score (nSPS) is 10.2. The van der Waals surface area contributed by atoms with Crippen molar-refractivity contribution in [3.63, 3.8) is 0 Å². The topological polar surface area (TPSA) is 80.3 Å². The number of anilines is 2. The Kier molecular flexibility index (Phi) is 6.39. The fourth-order valence-corrected chi connectivity index (χ4v) is 2.84. The molecule has 1 heterocycles. The van der Waals surface area contributed by atoms with E-state index in [4.69, 9.17) is 4.74 Å². The highest BCUT2D eigenvalue weighted by Crippen LogP contribution is 2.23. The molecule has 2 aromatic carbocycles. The molecule has 142 valence electrons. The van der Waals surface area contributed by atoms with Crippen LogP contribution in [0.3, 0.4) is 0 Å². The van der Waals surface area contributed by atoms with Crippen molar-refractivity contribution >= 4 is 39.1 Å². The fourth-order valence-electron chi connectivity index (χ4n) is 2.47. The number of ether oxygens (including phenoxy) is 1. The quantitative estimate of drug-likeness (QED) is 0.579. The summed E-state index contributed by atoms with van der Waals surface area (Å²) in [7, 11) is 0. The van der Waals surface area contributed by atoms with Crippen LogP contribution in [0.5, 0.6) is 11.6 Å². The van der Waals surface area contributed by atoms with E-state index >= 15 is 0 Å². The third-order valence-electron chi connectivity index (χ3n) is 3.68.